The molecule has 0 saturated heterocycles. The number of rotatable bonds is 7. The number of amides is 1. The summed E-state index contributed by atoms with van der Waals surface area (Å²) in [5, 5.41) is 8.82. The second-order valence-electron chi connectivity index (χ2n) is 8.23. The quantitative estimate of drug-likeness (QED) is 0.507. The maximum atomic E-state index is 12.7. The summed E-state index contributed by atoms with van der Waals surface area (Å²) in [6.07, 6.45) is 3.65. The average Bonchev–Trinajstić information content (AvgIpc) is 3.32. The second-order valence-corrected chi connectivity index (χ2v) is 9.08. The van der Waals surface area contributed by atoms with E-state index in [0.29, 0.717) is 12.2 Å². The number of aromatic nitrogens is 4. The maximum absolute atomic E-state index is 12.7. The van der Waals surface area contributed by atoms with Crippen molar-refractivity contribution in [1.82, 2.24) is 24.5 Å². The minimum atomic E-state index is -0.166. The molecule has 7 nitrogen and oxygen atoms in total. The minimum absolute atomic E-state index is 0.103. The first-order chi connectivity index (χ1) is 14.2. The Morgan fingerprint density at radius 2 is 1.83 bits per heavy atom. The summed E-state index contributed by atoms with van der Waals surface area (Å²) < 4.78 is 10.1. The highest BCUT2D eigenvalue weighted by Crippen LogP contribution is 2.24. The Balaban J connectivity index is 1.58. The summed E-state index contributed by atoms with van der Waals surface area (Å²) in [6.45, 7) is 9.96. The lowest BCUT2D eigenvalue weighted by Crippen LogP contribution is -2.27. The molecule has 0 radical (unpaired) electrons. The molecule has 0 aliphatic rings. The summed E-state index contributed by atoms with van der Waals surface area (Å²) in [5.41, 5.74) is 2.54. The van der Waals surface area contributed by atoms with Gasteiger partial charge >= 0.3 is 0 Å². The third-order valence-electron chi connectivity index (χ3n) is 4.79. The van der Waals surface area contributed by atoms with Crippen LogP contribution in [-0.4, -0.2) is 37.4 Å². The summed E-state index contributed by atoms with van der Waals surface area (Å²) in [5.74, 6) is 0.598. The van der Waals surface area contributed by atoms with Crippen LogP contribution in [0.2, 0.25) is 0 Å². The number of hydrogen-bond donors (Lipinski definition) is 0. The number of benzene rings is 1. The number of nitrogens with zero attached hydrogens (tertiary/aromatic N) is 5. The van der Waals surface area contributed by atoms with Gasteiger partial charge in [-0.05, 0) is 52.0 Å². The zero-order valence-corrected chi connectivity index (χ0v) is 19.7. The topological polar surface area (TPSA) is 65.2 Å². The molecule has 160 valence electrons. The van der Waals surface area contributed by atoms with Gasteiger partial charge in [0.25, 0.3) is 5.91 Å². The largest absolute Gasteiger partial charge is 0.471 e. The van der Waals surface area contributed by atoms with E-state index in [2.05, 4.69) is 59.0 Å². The highest BCUT2D eigenvalue weighted by atomic mass is 79.9. The van der Waals surface area contributed by atoms with Gasteiger partial charge in [0.15, 0.2) is 12.4 Å². The van der Waals surface area contributed by atoms with Crippen LogP contribution in [-0.2, 0) is 25.2 Å². The third kappa shape index (κ3) is 5.30. The molecule has 0 bridgehead atoms. The van der Waals surface area contributed by atoms with Crippen LogP contribution in [0.3, 0.4) is 0 Å². The Morgan fingerprint density at radius 3 is 2.43 bits per heavy atom. The van der Waals surface area contributed by atoms with E-state index in [1.165, 1.54) is 5.56 Å². The molecule has 0 atom stereocenters. The molecule has 0 fully saturated rings. The number of aryl methyl sites for hydroxylation is 1. The Kier molecular flexibility index (Phi) is 6.65. The number of hydrogen-bond acceptors (Lipinski definition) is 4. The molecule has 3 aromatic rings. The van der Waals surface area contributed by atoms with Crippen LogP contribution in [0, 0.1) is 0 Å². The first-order valence-corrected chi connectivity index (χ1v) is 10.7. The van der Waals surface area contributed by atoms with E-state index in [9.17, 15) is 4.79 Å². The Labute approximate surface area is 185 Å². The summed E-state index contributed by atoms with van der Waals surface area (Å²) in [4.78, 5) is 14.3. The molecule has 0 aliphatic carbocycles. The lowest BCUT2D eigenvalue weighted by atomic mass is 9.87. The van der Waals surface area contributed by atoms with Gasteiger partial charge in [-0.1, -0.05) is 32.9 Å². The van der Waals surface area contributed by atoms with Crippen molar-refractivity contribution < 1.29 is 9.53 Å². The second kappa shape index (κ2) is 9.04. The molecule has 1 aromatic carbocycles. The van der Waals surface area contributed by atoms with Crippen LogP contribution in [0.25, 0.3) is 0 Å². The van der Waals surface area contributed by atoms with Crippen LogP contribution in [0.1, 0.15) is 49.4 Å². The van der Waals surface area contributed by atoms with Gasteiger partial charge in [-0.2, -0.15) is 10.2 Å². The molecular formula is C22H28BrN5O2. The number of halogens is 1. The highest BCUT2D eigenvalue weighted by Gasteiger charge is 2.18. The molecule has 3 rings (SSSR count). The molecule has 0 N–H and O–H groups in total. The van der Waals surface area contributed by atoms with Gasteiger partial charge in [0.2, 0.25) is 0 Å². The minimum Gasteiger partial charge on any atom is -0.471 e. The Morgan fingerprint density at radius 1 is 1.13 bits per heavy atom. The smallest absolute Gasteiger partial charge is 0.274 e. The predicted octanol–water partition coefficient (Wildman–Crippen LogP) is 4.47. The average molecular weight is 474 g/mol. The molecule has 1 amide bonds. The fourth-order valence-corrected chi connectivity index (χ4v) is 3.38. The predicted molar refractivity (Wildman–Crippen MR) is 119 cm³/mol. The molecule has 8 heteroatoms. The third-order valence-corrected chi connectivity index (χ3v) is 5.45. The molecule has 0 saturated carbocycles. The molecule has 2 aromatic heterocycles. The van der Waals surface area contributed by atoms with Crippen LogP contribution in [0.5, 0.6) is 5.75 Å². The van der Waals surface area contributed by atoms with E-state index in [1.54, 1.807) is 28.9 Å². The maximum Gasteiger partial charge on any atom is 0.274 e. The standard InChI is InChI=1S/C22H28BrN5O2/c1-6-27-13-18(23)20(25-27)14-26(5)21(29)19-11-12-28(24-19)15-30-17-9-7-16(8-10-17)22(2,3)4/h7-13H,6,14-15H2,1-5H3. The fraction of sp³-hybridized carbons (Fsp3) is 0.409. The van der Waals surface area contributed by atoms with E-state index in [1.807, 2.05) is 29.9 Å². The van der Waals surface area contributed by atoms with Crippen molar-refractivity contribution in [2.24, 2.45) is 0 Å². The van der Waals surface area contributed by atoms with Gasteiger partial charge in [0.05, 0.1) is 16.7 Å². The normalized spacial score (nSPS) is 11.5. The number of carbonyl (C=O) groups is 1. The fourth-order valence-electron chi connectivity index (χ4n) is 2.94. The van der Waals surface area contributed by atoms with E-state index >= 15 is 0 Å². The molecule has 30 heavy (non-hydrogen) atoms. The van der Waals surface area contributed by atoms with Crippen LogP contribution < -0.4 is 4.74 Å². The first kappa shape index (κ1) is 22.1. The molecule has 0 aliphatic heterocycles. The van der Waals surface area contributed by atoms with Crippen molar-refractivity contribution in [3.8, 4) is 5.75 Å². The van der Waals surface area contributed by atoms with Gasteiger partial charge in [-0.3, -0.25) is 9.48 Å². The Hall–Kier alpha value is -2.61. The van der Waals surface area contributed by atoms with Gasteiger partial charge < -0.3 is 9.64 Å². The zero-order chi connectivity index (χ0) is 21.9. The summed E-state index contributed by atoms with van der Waals surface area (Å²) in [7, 11) is 1.74. The summed E-state index contributed by atoms with van der Waals surface area (Å²) in [6, 6.07) is 9.75. The van der Waals surface area contributed by atoms with Crippen molar-refractivity contribution in [1.29, 1.82) is 0 Å². The molecule has 0 spiro atoms. The van der Waals surface area contributed by atoms with Crippen molar-refractivity contribution >= 4 is 21.8 Å². The van der Waals surface area contributed by atoms with Crippen molar-refractivity contribution in [2.75, 3.05) is 7.05 Å². The van der Waals surface area contributed by atoms with Crippen LogP contribution in [0.4, 0.5) is 0 Å². The van der Waals surface area contributed by atoms with Crippen LogP contribution in [0.15, 0.2) is 47.2 Å². The number of ether oxygens (including phenoxy) is 1. The lowest BCUT2D eigenvalue weighted by Gasteiger charge is -2.19. The Bertz CT molecular complexity index is 1000. The van der Waals surface area contributed by atoms with Gasteiger partial charge in [-0.15, -0.1) is 0 Å². The zero-order valence-electron chi connectivity index (χ0n) is 18.1. The SMILES string of the molecule is CCn1cc(Br)c(CN(C)C(=O)c2ccn(COc3ccc(C(C)(C)C)cc3)n2)n1. The van der Waals surface area contributed by atoms with Crippen molar-refractivity contribution in [2.45, 2.75) is 52.9 Å². The van der Waals surface area contributed by atoms with E-state index in [0.717, 1.165) is 22.5 Å². The van der Waals surface area contributed by atoms with Gasteiger partial charge in [-0.25, -0.2) is 4.68 Å². The van der Waals surface area contributed by atoms with E-state index in [-0.39, 0.29) is 18.1 Å². The first-order valence-electron chi connectivity index (χ1n) is 9.91. The van der Waals surface area contributed by atoms with Gasteiger partial charge in [0, 0.05) is 26.0 Å². The van der Waals surface area contributed by atoms with Crippen molar-refractivity contribution in [3.63, 3.8) is 0 Å². The highest BCUT2D eigenvalue weighted by molar-refractivity contribution is 9.10. The molecular weight excluding hydrogens is 446 g/mol. The molecule has 0 unspecified atom stereocenters. The van der Waals surface area contributed by atoms with Gasteiger partial charge in [0.1, 0.15) is 5.75 Å². The van der Waals surface area contributed by atoms with Crippen LogP contribution >= 0.6 is 15.9 Å². The summed E-state index contributed by atoms with van der Waals surface area (Å²) >= 11 is 3.50. The molecule has 2 heterocycles. The van der Waals surface area contributed by atoms with Crippen molar-refractivity contribution in [3.05, 3.63) is 64.1 Å². The number of carbonyl (C=O) groups excluding carboxylic acids is 1. The van der Waals surface area contributed by atoms with E-state index < -0.39 is 0 Å². The monoisotopic (exact) mass is 473 g/mol. The lowest BCUT2D eigenvalue weighted by molar-refractivity contribution is 0.0775. The van der Waals surface area contributed by atoms with E-state index in [4.69, 9.17) is 4.74 Å².